The number of halogens is 2. The van der Waals surface area contributed by atoms with Crippen LogP contribution in [0.2, 0.25) is 0 Å². The van der Waals surface area contributed by atoms with Gasteiger partial charge in [-0.05, 0) is 95.7 Å². The minimum absolute atomic E-state index is 0. The minimum Gasteiger partial charge on any atom is -1.00 e. The molecular formula is C60H79BrFK2N9O15. The summed E-state index contributed by atoms with van der Waals surface area (Å²) in [5, 5.41) is 31.5. The summed E-state index contributed by atoms with van der Waals surface area (Å²) >= 11 is 3.56. The zero-order chi connectivity index (χ0) is 63.0. The van der Waals surface area contributed by atoms with E-state index in [1.807, 2.05) is 27.7 Å². The Hall–Kier alpha value is -4.90. The molecule has 0 saturated carbocycles. The van der Waals surface area contributed by atoms with E-state index in [0.29, 0.717) is 98.8 Å². The number of ether oxygens (including phenoxy) is 8. The van der Waals surface area contributed by atoms with Crippen LogP contribution >= 0.6 is 15.9 Å². The molecule has 0 spiro atoms. The summed E-state index contributed by atoms with van der Waals surface area (Å²) in [6, 6.07) is 11.5. The second-order valence-corrected chi connectivity index (χ2v) is 19.6. The van der Waals surface area contributed by atoms with Gasteiger partial charge in [0.1, 0.15) is 30.5 Å². The first-order valence-corrected chi connectivity index (χ1v) is 27.8. The van der Waals surface area contributed by atoms with E-state index in [4.69, 9.17) is 54.4 Å². The molecule has 6 aromatic heterocycles. The SMILES string of the molecule is C.CC(C)n1nccc1C1=C(CBr)CCOC1.COc1cc(C=O)c(O)cn1.COc1cc(C=O)c(OCC2=C(c3ccnn3C(C)C)COCC2)cn1.COc1cc(C=O)c(OCC2=C(c3ccnn3C(C)C)COCC2)cn1.O=CO[O-].[2H]CF.[H-].[K+].[K+]. The summed E-state index contributed by atoms with van der Waals surface area (Å²) < 4.78 is 65.0. The number of hydrogen-bond acceptors (Lipinski definition) is 21. The Morgan fingerprint density at radius 3 is 1.25 bits per heavy atom. The zero-order valence-corrected chi connectivity index (χ0v) is 58.9. The molecule has 6 aromatic rings. The van der Waals surface area contributed by atoms with Gasteiger partial charge < -0.3 is 54.6 Å². The quantitative estimate of drug-likeness (QED) is 0.0377. The number of alkyl halides is 2. The molecule has 0 fully saturated rings. The van der Waals surface area contributed by atoms with Crippen LogP contribution in [0.15, 0.2) is 90.3 Å². The summed E-state index contributed by atoms with van der Waals surface area (Å²) in [5.74, 6) is 1.82. The fourth-order valence-electron chi connectivity index (χ4n) is 8.50. The number of methoxy groups -OCH3 is 3. The van der Waals surface area contributed by atoms with E-state index in [1.165, 1.54) is 62.8 Å². The van der Waals surface area contributed by atoms with Gasteiger partial charge in [0.2, 0.25) is 17.6 Å². The van der Waals surface area contributed by atoms with Crippen molar-refractivity contribution in [3.8, 4) is 34.9 Å². The number of carbonyl (C=O) groups excluding carboxylic acids is 4. The van der Waals surface area contributed by atoms with Gasteiger partial charge in [0.05, 0.1) is 122 Å². The van der Waals surface area contributed by atoms with Crippen LogP contribution in [0.5, 0.6) is 34.9 Å². The van der Waals surface area contributed by atoms with Crippen LogP contribution in [0.3, 0.4) is 0 Å². The third-order valence-corrected chi connectivity index (χ3v) is 13.4. The van der Waals surface area contributed by atoms with E-state index in [1.54, 1.807) is 24.5 Å². The smallest absolute Gasteiger partial charge is 1.00 e. The van der Waals surface area contributed by atoms with Gasteiger partial charge in [-0.15, -0.1) is 0 Å². The number of hydrogen-bond donors (Lipinski definition) is 1. The fraction of sp³-hybridized carbons (Fsp3) is 0.433. The fourth-order valence-corrected chi connectivity index (χ4v) is 9.12. The number of nitrogens with zero attached hydrogens (tertiary/aromatic N) is 9. The Kier molecular flexibility index (Phi) is 40.1. The maximum atomic E-state index is 11.3. The van der Waals surface area contributed by atoms with Crippen LogP contribution in [0, 0.1) is 0 Å². The van der Waals surface area contributed by atoms with E-state index in [0.717, 1.165) is 77.5 Å². The number of aldehydes is 3. The van der Waals surface area contributed by atoms with Crippen LogP contribution in [0.25, 0.3) is 16.7 Å². The number of rotatable bonds is 20. The summed E-state index contributed by atoms with van der Waals surface area (Å²) in [4.78, 5) is 56.0. The maximum absolute atomic E-state index is 11.3. The largest absolute Gasteiger partial charge is 1.00 e. The Labute approximate surface area is 609 Å². The minimum atomic E-state index is -1.00. The van der Waals surface area contributed by atoms with E-state index >= 15 is 0 Å². The van der Waals surface area contributed by atoms with Crippen molar-refractivity contribution in [3.63, 3.8) is 0 Å². The zero-order valence-electron chi connectivity index (χ0n) is 53.1. The average molecular weight is 1340 g/mol. The molecule has 0 unspecified atom stereocenters. The molecule has 0 amide bonds. The van der Waals surface area contributed by atoms with Gasteiger partial charge in [0.15, 0.2) is 18.9 Å². The first-order chi connectivity index (χ1) is 41.6. The van der Waals surface area contributed by atoms with Crippen LogP contribution in [0.4, 0.5) is 4.39 Å². The van der Waals surface area contributed by atoms with Gasteiger partial charge in [-0.2, -0.15) is 15.3 Å². The number of pyridine rings is 3. The summed E-state index contributed by atoms with van der Waals surface area (Å²) in [6.07, 6.45) is 14.3. The van der Waals surface area contributed by atoms with Crippen LogP contribution in [-0.2, 0) is 23.9 Å². The van der Waals surface area contributed by atoms with E-state index in [-0.39, 0.29) is 141 Å². The third-order valence-electron chi connectivity index (χ3n) is 12.7. The van der Waals surface area contributed by atoms with E-state index in [2.05, 4.69) is 103 Å². The molecule has 0 bridgehead atoms. The molecule has 0 saturated heterocycles. The predicted molar refractivity (Wildman–Crippen MR) is 322 cm³/mol. The molecular weight excluding hydrogens is 1260 g/mol. The van der Waals surface area contributed by atoms with Crippen molar-refractivity contribution in [1.29, 1.82) is 0 Å². The summed E-state index contributed by atoms with van der Waals surface area (Å²) in [7, 11) is 3.46. The van der Waals surface area contributed by atoms with Gasteiger partial charge in [-0.1, -0.05) is 23.4 Å². The van der Waals surface area contributed by atoms with Gasteiger partial charge in [0, 0.05) is 77.0 Å². The van der Waals surface area contributed by atoms with Crippen molar-refractivity contribution in [2.45, 2.75) is 86.4 Å². The molecule has 0 radical (unpaired) electrons. The maximum Gasteiger partial charge on any atom is 1.00 e. The monoisotopic (exact) mass is 1340 g/mol. The molecule has 0 aliphatic carbocycles. The van der Waals surface area contributed by atoms with Crippen LogP contribution in [-0.4, -0.2) is 161 Å². The van der Waals surface area contributed by atoms with Crippen molar-refractivity contribution < 1.29 is 182 Å². The molecule has 470 valence electrons. The molecule has 88 heavy (non-hydrogen) atoms. The predicted octanol–water partition coefficient (Wildman–Crippen LogP) is 3.28. The standard InChI is InChI=1S/2C19H23N3O4.C12H17BrN2O.C7H7NO3.CH3F.CH2O3.CH4.2K.H/c2*1-13(2)22-17(4-6-21-22)16-12-25-7-5-14(16)11-26-18-9-20-19(24-3)8-15(18)10-23;1-9(2)15-12(3-5-14-15)11-8-16-6-4-10(11)7-13;1-11-7-2-5(4-9)6(10)3-8-7;1-2;2-1-4-3;;;;/h2*4,6,8-10,13H,5,7,11-12H2,1-3H3;3,5,9H,4,6-8H2,1-2H3;2-4,10H,1H3;1H3;1,3H;1H4;;;/q;;;;;;;2*+1;-1/p-1/i;;;;1D;;;;;. The first-order valence-electron chi connectivity index (χ1n) is 27.4. The van der Waals surface area contributed by atoms with Crippen molar-refractivity contribution in [1.82, 2.24) is 44.3 Å². The van der Waals surface area contributed by atoms with Gasteiger partial charge in [0.25, 0.3) is 6.47 Å². The van der Waals surface area contributed by atoms with Crippen molar-refractivity contribution in [3.05, 3.63) is 124 Å². The normalized spacial score (nSPS) is 13.4. The Morgan fingerprint density at radius 1 is 0.625 bits per heavy atom. The van der Waals surface area contributed by atoms with E-state index < -0.39 is 7.15 Å². The topological polar surface area (TPSA) is 287 Å². The first kappa shape index (κ1) is 79.2. The van der Waals surface area contributed by atoms with Crippen molar-refractivity contribution in [2.75, 3.05) is 86.7 Å². The number of aromatic nitrogens is 9. The second-order valence-electron chi connectivity index (χ2n) is 19.0. The average Bonchev–Trinajstić information content (AvgIpc) is 2.16. The summed E-state index contributed by atoms with van der Waals surface area (Å²) in [5.41, 5.74) is 11.5. The van der Waals surface area contributed by atoms with Crippen LogP contribution in [0.1, 0.15) is 137 Å². The number of carbonyl (C=O) groups is 4. The molecule has 9 heterocycles. The van der Waals surface area contributed by atoms with Gasteiger partial charge >= 0.3 is 103 Å². The molecule has 3 aliphatic heterocycles. The molecule has 28 heteroatoms. The number of aromatic hydroxyl groups is 1. The Bertz CT molecular complexity index is 3070. The summed E-state index contributed by atoms with van der Waals surface area (Å²) in [6.45, 7) is 17.1. The van der Waals surface area contributed by atoms with Gasteiger partial charge in [-0.3, -0.25) is 37.6 Å². The molecule has 0 aromatic carbocycles. The molecule has 1 N–H and O–H groups in total. The molecule has 0 atom stereocenters. The Balaban J connectivity index is 0.00000116. The van der Waals surface area contributed by atoms with Gasteiger partial charge in [-0.25, -0.2) is 15.0 Å². The van der Waals surface area contributed by atoms with Crippen LogP contribution < -0.4 is 132 Å². The molecule has 3 aliphatic rings. The van der Waals surface area contributed by atoms with Crippen molar-refractivity contribution in [2.24, 2.45) is 0 Å². The third kappa shape index (κ3) is 24.4. The second kappa shape index (κ2) is 44.5. The molecule has 9 rings (SSSR count). The van der Waals surface area contributed by atoms with Crippen molar-refractivity contribution >= 4 is 58.0 Å². The van der Waals surface area contributed by atoms with E-state index in [9.17, 15) is 18.8 Å². The molecule has 24 nitrogen and oxygen atoms in total. The Morgan fingerprint density at radius 2 is 0.943 bits per heavy atom.